The first-order chi connectivity index (χ1) is 5.86. The molecule has 3 rings (SSSR count). The highest BCUT2D eigenvalue weighted by atomic mass is 19.1. The highest BCUT2D eigenvalue weighted by Crippen LogP contribution is 2.48. The largest absolute Gasteiger partial charge is 0.315 e. The molecule has 0 aromatic heterocycles. The van der Waals surface area contributed by atoms with Crippen LogP contribution in [0.2, 0.25) is 0 Å². The van der Waals surface area contributed by atoms with Crippen LogP contribution in [0.3, 0.4) is 0 Å². The van der Waals surface area contributed by atoms with E-state index in [1.165, 1.54) is 11.1 Å². The fourth-order valence-corrected chi connectivity index (χ4v) is 2.44. The second-order valence-electron chi connectivity index (χ2n) is 3.64. The Hall–Kier alpha value is -0.890. The van der Waals surface area contributed by atoms with Crippen molar-refractivity contribution in [2.75, 3.05) is 13.1 Å². The number of halogens is 1. The molecule has 1 aliphatic heterocycles. The zero-order chi connectivity index (χ0) is 8.13. The van der Waals surface area contributed by atoms with Gasteiger partial charge >= 0.3 is 0 Å². The number of hydrogen-bond acceptors (Lipinski definition) is 1. The topological polar surface area (TPSA) is 12.0 Å². The molecule has 1 N–H and O–H groups in total. The molecule has 2 aliphatic rings. The quantitative estimate of drug-likeness (QED) is 0.612. The van der Waals surface area contributed by atoms with Crippen molar-refractivity contribution in [3.63, 3.8) is 0 Å². The zero-order valence-electron chi connectivity index (χ0n) is 6.68. The standard InChI is InChI=1S/C10H10FN/c11-6-1-2-7-8(3-6)10-5-12-4-9(7)10/h1-3,9-10,12H,4-5H2. The summed E-state index contributed by atoms with van der Waals surface area (Å²) < 4.78 is 12.8. The Balaban J connectivity index is 2.11. The summed E-state index contributed by atoms with van der Waals surface area (Å²) in [6.45, 7) is 2.10. The number of hydrogen-bond donors (Lipinski definition) is 1. The van der Waals surface area contributed by atoms with Crippen molar-refractivity contribution >= 4 is 0 Å². The Morgan fingerprint density at radius 1 is 1.17 bits per heavy atom. The number of benzene rings is 1. The minimum absolute atomic E-state index is 0.0981. The van der Waals surface area contributed by atoms with Gasteiger partial charge in [-0.25, -0.2) is 4.39 Å². The van der Waals surface area contributed by atoms with Crippen LogP contribution in [-0.4, -0.2) is 13.1 Å². The van der Waals surface area contributed by atoms with Gasteiger partial charge < -0.3 is 5.32 Å². The Bertz CT molecular complexity index is 335. The van der Waals surface area contributed by atoms with Crippen molar-refractivity contribution in [3.8, 4) is 0 Å². The molecule has 2 heteroatoms. The van der Waals surface area contributed by atoms with Crippen LogP contribution in [0.4, 0.5) is 4.39 Å². The van der Waals surface area contributed by atoms with Gasteiger partial charge in [0.15, 0.2) is 0 Å². The van der Waals surface area contributed by atoms with E-state index >= 15 is 0 Å². The smallest absolute Gasteiger partial charge is 0.123 e. The number of fused-ring (bicyclic) bond motifs is 4. The zero-order valence-corrected chi connectivity index (χ0v) is 6.68. The molecule has 1 aromatic rings. The highest BCUT2D eigenvalue weighted by Gasteiger charge is 2.40. The van der Waals surface area contributed by atoms with Crippen molar-refractivity contribution < 1.29 is 4.39 Å². The van der Waals surface area contributed by atoms with E-state index in [0.29, 0.717) is 11.8 Å². The van der Waals surface area contributed by atoms with Gasteiger partial charge in [0.1, 0.15) is 5.82 Å². The van der Waals surface area contributed by atoms with Gasteiger partial charge in [-0.2, -0.15) is 0 Å². The van der Waals surface area contributed by atoms with Crippen LogP contribution < -0.4 is 5.32 Å². The number of rotatable bonds is 0. The summed E-state index contributed by atoms with van der Waals surface area (Å²) in [6, 6.07) is 5.18. The lowest BCUT2D eigenvalue weighted by Crippen LogP contribution is -2.22. The van der Waals surface area contributed by atoms with Crippen molar-refractivity contribution in [1.29, 1.82) is 0 Å². The van der Waals surface area contributed by atoms with Crippen LogP contribution in [0.1, 0.15) is 23.0 Å². The van der Waals surface area contributed by atoms with Gasteiger partial charge in [-0.3, -0.25) is 0 Å². The molecule has 0 spiro atoms. The summed E-state index contributed by atoms with van der Waals surface area (Å²) in [7, 11) is 0. The molecule has 2 unspecified atom stereocenters. The minimum Gasteiger partial charge on any atom is -0.315 e. The number of nitrogens with one attached hydrogen (secondary N) is 1. The molecule has 1 aliphatic carbocycles. The molecule has 2 atom stereocenters. The van der Waals surface area contributed by atoms with Gasteiger partial charge in [-0.1, -0.05) is 6.07 Å². The minimum atomic E-state index is -0.0981. The van der Waals surface area contributed by atoms with Crippen LogP contribution in [-0.2, 0) is 0 Å². The molecule has 0 radical (unpaired) electrons. The van der Waals surface area contributed by atoms with E-state index in [1.807, 2.05) is 6.07 Å². The van der Waals surface area contributed by atoms with Crippen molar-refractivity contribution in [2.24, 2.45) is 0 Å². The van der Waals surface area contributed by atoms with Gasteiger partial charge in [0.25, 0.3) is 0 Å². The molecule has 0 bridgehead atoms. The highest BCUT2D eigenvalue weighted by molar-refractivity contribution is 5.47. The molecule has 62 valence electrons. The summed E-state index contributed by atoms with van der Waals surface area (Å²) in [6.07, 6.45) is 0. The third kappa shape index (κ3) is 0.661. The van der Waals surface area contributed by atoms with Gasteiger partial charge in [-0.05, 0) is 23.3 Å². The summed E-state index contributed by atoms with van der Waals surface area (Å²) in [5.41, 5.74) is 2.58. The molecular formula is C10H10FN. The van der Waals surface area contributed by atoms with E-state index < -0.39 is 0 Å². The predicted octanol–water partition coefficient (Wildman–Crippen LogP) is 1.61. The molecule has 1 fully saturated rings. The lowest BCUT2D eigenvalue weighted by molar-refractivity contribution is 0.558. The van der Waals surface area contributed by atoms with Crippen molar-refractivity contribution in [2.45, 2.75) is 11.8 Å². The fourth-order valence-electron chi connectivity index (χ4n) is 2.44. The lowest BCUT2D eigenvalue weighted by atomic mass is 9.70. The van der Waals surface area contributed by atoms with Crippen molar-refractivity contribution in [3.05, 3.63) is 35.1 Å². The Morgan fingerprint density at radius 3 is 2.75 bits per heavy atom. The van der Waals surface area contributed by atoms with E-state index in [9.17, 15) is 4.39 Å². The van der Waals surface area contributed by atoms with Gasteiger partial charge in [0.2, 0.25) is 0 Å². The maximum Gasteiger partial charge on any atom is 0.123 e. The maximum atomic E-state index is 12.8. The third-order valence-corrected chi connectivity index (χ3v) is 3.06. The molecular weight excluding hydrogens is 153 g/mol. The average Bonchev–Trinajstić information content (AvgIpc) is 2.46. The van der Waals surface area contributed by atoms with Crippen LogP contribution in [0, 0.1) is 5.82 Å². The van der Waals surface area contributed by atoms with E-state index in [2.05, 4.69) is 5.32 Å². The normalized spacial score (nSPS) is 30.8. The molecule has 0 saturated carbocycles. The van der Waals surface area contributed by atoms with Crippen LogP contribution in [0.15, 0.2) is 18.2 Å². The van der Waals surface area contributed by atoms with E-state index in [-0.39, 0.29) is 5.82 Å². The van der Waals surface area contributed by atoms with Gasteiger partial charge in [0, 0.05) is 24.9 Å². The Kier molecular flexibility index (Phi) is 1.14. The van der Waals surface area contributed by atoms with Gasteiger partial charge in [0.05, 0.1) is 0 Å². The molecule has 1 saturated heterocycles. The van der Waals surface area contributed by atoms with E-state index in [4.69, 9.17) is 0 Å². The molecule has 12 heavy (non-hydrogen) atoms. The molecule has 1 aromatic carbocycles. The summed E-state index contributed by atoms with van der Waals surface area (Å²) in [4.78, 5) is 0. The van der Waals surface area contributed by atoms with Crippen LogP contribution >= 0.6 is 0 Å². The van der Waals surface area contributed by atoms with E-state index in [0.717, 1.165) is 13.1 Å². The first kappa shape index (κ1) is 6.61. The fraction of sp³-hybridized carbons (Fsp3) is 0.400. The second-order valence-corrected chi connectivity index (χ2v) is 3.64. The SMILES string of the molecule is Fc1ccc2c(c1)C1CNCC21. The van der Waals surface area contributed by atoms with Crippen LogP contribution in [0.5, 0.6) is 0 Å². The summed E-state index contributed by atoms with van der Waals surface area (Å²) in [5.74, 6) is 1.16. The third-order valence-electron chi connectivity index (χ3n) is 3.06. The monoisotopic (exact) mass is 163 g/mol. The molecule has 1 heterocycles. The molecule has 0 amide bonds. The predicted molar refractivity (Wildman–Crippen MR) is 44.8 cm³/mol. The maximum absolute atomic E-state index is 12.8. The average molecular weight is 163 g/mol. The first-order valence-corrected chi connectivity index (χ1v) is 4.36. The summed E-state index contributed by atoms with van der Waals surface area (Å²) in [5, 5.41) is 3.33. The first-order valence-electron chi connectivity index (χ1n) is 4.36. The Labute approximate surface area is 70.6 Å². The molecule has 1 nitrogen and oxygen atoms in total. The second kappa shape index (κ2) is 2.07. The lowest BCUT2D eigenvalue weighted by Gasteiger charge is -2.33. The van der Waals surface area contributed by atoms with E-state index in [1.54, 1.807) is 12.1 Å². The Morgan fingerprint density at radius 2 is 1.92 bits per heavy atom. The summed E-state index contributed by atoms with van der Waals surface area (Å²) >= 11 is 0. The van der Waals surface area contributed by atoms with Crippen molar-refractivity contribution in [1.82, 2.24) is 5.32 Å². The van der Waals surface area contributed by atoms with Crippen LogP contribution in [0.25, 0.3) is 0 Å². The van der Waals surface area contributed by atoms with Gasteiger partial charge in [-0.15, -0.1) is 0 Å².